The number of rotatable bonds is 9. The predicted molar refractivity (Wildman–Crippen MR) is 104 cm³/mol. The summed E-state index contributed by atoms with van der Waals surface area (Å²) in [5.41, 5.74) is 1.03. The molecular formula is C18H29ClN2O4S. The maximum Gasteiger partial charge on any atom is 0.303 e. The molecule has 1 atom stereocenters. The molecule has 0 spiro atoms. The van der Waals surface area contributed by atoms with Crippen LogP contribution < -0.4 is 4.72 Å². The first-order valence-corrected chi connectivity index (χ1v) is 10.4. The molecular weight excluding hydrogens is 376 g/mol. The van der Waals surface area contributed by atoms with Crippen LogP contribution in [-0.4, -0.2) is 50.6 Å². The molecule has 1 fully saturated rings. The quantitative estimate of drug-likeness (QED) is 0.618. The zero-order valence-corrected chi connectivity index (χ0v) is 16.8. The maximum absolute atomic E-state index is 12.4. The summed E-state index contributed by atoms with van der Waals surface area (Å²) in [7, 11) is -3.46. The molecule has 0 saturated carbocycles. The van der Waals surface area contributed by atoms with Gasteiger partial charge in [-0.25, -0.2) is 13.1 Å². The van der Waals surface area contributed by atoms with Crippen molar-refractivity contribution in [3.05, 3.63) is 29.8 Å². The van der Waals surface area contributed by atoms with E-state index in [1.807, 2.05) is 6.92 Å². The van der Waals surface area contributed by atoms with E-state index >= 15 is 0 Å². The number of aryl methyl sites for hydroxylation is 1. The highest BCUT2D eigenvalue weighted by Crippen LogP contribution is 2.18. The number of hydrogen-bond donors (Lipinski definition) is 2. The van der Waals surface area contributed by atoms with Crippen LogP contribution in [0.15, 0.2) is 29.2 Å². The Labute approximate surface area is 162 Å². The smallest absolute Gasteiger partial charge is 0.303 e. The largest absolute Gasteiger partial charge is 0.481 e. The molecule has 0 aromatic heterocycles. The van der Waals surface area contributed by atoms with E-state index in [1.54, 1.807) is 24.3 Å². The second-order valence-electron chi connectivity index (χ2n) is 6.82. The Hall–Kier alpha value is -1.15. The molecule has 0 radical (unpaired) electrons. The molecule has 26 heavy (non-hydrogen) atoms. The first-order chi connectivity index (χ1) is 11.9. The van der Waals surface area contributed by atoms with Crippen LogP contribution in [0.3, 0.4) is 0 Å². The zero-order valence-electron chi connectivity index (χ0n) is 15.2. The van der Waals surface area contributed by atoms with Crippen LogP contribution in [0.4, 0.5) is 0 Å². The van der Waals surface area contributed by atoms with Gasteiger partial charge in [0, 0.05) is 19.5 Å². The first kappa shape index (κ1) is 22.9. The van der Waals surface area contributed by atoms with Crippen molar-refractivity contribution < 1.29 is 18.3 Å². The Kier molecular flexibility index (Phi) is 9.57. The fraction of sp³-hybridized carbons (Fsp3) is 0.611. The fourth-order valence-electron chi connectivity index (χ4n) is 3.16. The molecule has 1 unspecified atom stereocenters. The van der Waals surface area contributed by atoms with Crippen molar-refractivity contribution in [2.24, 2.45) is 5.92 Å². The summed E-state index contributed by atoms with van der Waals surface area (Å²) in [4.78, 5) is 13.2. The lowest BCUT2D eigenvalue weighted by Gasteiger charge is -2.32. The number of carbonyl (C=O) groups is 1. The van der Waals surface area contributed by atoms with Gasteiger partial charge in [-0.3, -0.25) is 4.79 Å². The number of nitrogens with zero attached hydrogens (tertiary/aromatic N) is 1. The Balaban J connectivity index is 0.00000338. The molecule has 0 aliphatic carbocycles. The number of benzene rings is 1. The van der Waals surface area contributed by atoms with Gasteiger partial charge in [0.05, 0.1) is 4.90 Å². The van der Waals surface area contributed by atoms with E-state index in [0.717, 1.165) is 44.5 Å². The first-order valence-electron chi connectivity index (χ1n) is 8.87. The van der Waals surface area contributed by atoms with Gasteiger partial charge < -0.3 is 10.0 Å². The van der Waals surface area contributed by atoms with Gasteiger partial charge in [0.1, 0.15) is 0 Å². The van der Waals surface area contributed by atoms with Crippen LogP contribution in [0.1, 0.15) is 37.7 Å². The lowest BCUT2D eigenvalue weighted by molar-refractivity contribution is -0.137. The molecule has 1 heterocycles. The van der Waals surface area contributed by atoms with E-state index in [1.165, 1.54) is 0 Å². The highest BCUT2D eigenvalue weighted by atomic mass is 35.5. The summed E-state index contributed by atoms with van der Waals surface area (Å²) in [6.07, 6.45) is 3.84. The third kappa shape index (κ3) is 7.61. The number of halogens is 1. The summed E-state index contributed by atoms with van der Waals surface area (Å²) >= 11 is 0. The highest BCUT2D eigenvalue weighted by Gasteiger charge is 2.22. The molecule has 1 saturated heterocycles. The average molecular weight is 405 g/mol. The predicted octanol–water partition coefficient (Wildman–Crippen LogP) is 2.66. The van der Waals surface area contributed by atoms with Gasteiger partial charge in [0.25, 0.3) is 0 Å². The minimum Gasteiger partial charge on any atom is -0.481 e. The van der Waals surface area contributed by atoms with Gasteiger partial charge in [0.2, 0.25) is 10.0 Å². The molecule has 0 amide bonds. The fourth-order valence-corrected chi connectivity index (χ4v) is 4.28. The maximum atomic E-state index is 12.4. The minimum atomic E-state index is -3.46. The molecule has 6 nitrogen and oxygen atoms in total. The van der Waals surface area contributed by atoms with Crippen LogP contribution in [-0.2, 0) is 14.8 Å². The van der Waals surface area contributed by atoms with Gasteiger partial charge in [-0.2, -0.15) is 0 Å². The number of carboxylic acids is 1. The summed E-state index contributed by atoms with van der Waals surface area (Å²) in [6, 6.07) is 6.86. The molecule has 1 aliphatic rings. The van der Waals surface area contributed by atoms with Crippen molar-refractivity contribution in [1.82, 2.24) is 9.62 Å². The van der Waals surface area contributed by atoms with E-state index < -0.39 is 16.0 Å². The van der Waals surface area contributed by atoms with E-state index in [0.29, 0.717) is 23.8 Å². The normalized spacial score (nSPS) is 18.3. The molecule has 0 bridgehead atoms. The molecule has 2 rings (SSSR count). The second-order valence-corrected chi connectivity index (χ2v) is 8.59. The summed E-state index contributed by atoms with van der Waals surface area (Å²) in [5.74, 6) is -0.449. The van der Waals surface area contributed by atoms with Gasteiger partial charge >= 0.3 is 5.97 Å². The number of sulfonamides is 1. The number of likely N-dealkylation sites (tertiary alicyclic amines) is 1. The van der Waals surface area contributed by atoms with E-state index in [9.17, 15) is 13.2 Å². The molecule has 148 valence electrons. The molecule has 1 aromatic rings. The number of piperidine rings is 1. The summed E-state index contributed by atoms with van der Waals surface area (Å²) in [5, 5.41) is 8.67. The van der Waals surface area contributed by atoms with E-state index in [-0.39, 0.29) is 18.8 Å². The number of aliphatic carboxylic acids is 1. The van der Waals surface area contributed by atoms with Crippen molar-refractivity contribution >= 4 is 28.4 Å². The van der Waals surface area contributed by atoms with Crippen LogP contribution >= 0.6 is 12.4 Å². The lowest BCUT2D eigenvalue weighted by Crippen LogP contribution is -2.41. The van der Waals surface area contributed by atoms with Gasteiger partial charge in [-0.05, 0) is 63.7 Å². The monoisotopic (exact) mass is 404 g/mol. The van der Waals surface area contributed by atoms with Gasteiger partial charge in [-0.15, -0.1) is 12.4 Å². The zero-order chi connectivity index (χ0) is 18.3. The van der Waals surface area contributed by atoms with E-state index in [4.69, 9.17) is 5.11 Å². The highest BCUT2D eigenvalue weighted by molar-refractivity contribution is 7.89. The number of unbranched alkanes of at least 4 members (excludes halogenated alkanes) is 1. The molecule has 1 aromatic carbocycles. The molecule has 8 heteroatoms. The Morgan fingerprint density at radius 2 is 1.96 bits per heavy atom. The van der Waals surface area contributed by atoms with Crippen molar-refractivity contribution in [1.29, 1.82) is 0 Å². The molecule has 1 aliphatic heterocycles. The van der Waals surface area contributed by atoms with Crippen molar-refractivity contribution in [3.8, 4) is 0 Å². The molecule has 2 N–H and O–H groups in total. The number of hydrogen-bond acceptors (Lipinski definition) is 4. The second kappa shape index (κ2) is 10.9. The number of carboxylic acid groups (broad SMARTS) is 1. The third-order valence-corrected chi connectivity index (χ3v) is 6.05. The van der Waals surface area contributed by atoms with Gasteiger partial charge in [-0.1, -0.05) is 17.7 Å². The SMILES string of the molecule is Cc1ccc(S(=O)(=O)NCC2CCCN(CCCCC(=O)O)C2)cc1.Cl. The topological polar surface area (TPSA) is 86.7 Å². The minimum absolute atomic E-state index is 0. The van der Waals surface area contributed by atoms with Crippen molar-refractivity contribution in [2.75, 3.05) is 26.2 Å². The number of nitrogens with one attached hydrogen (secondary N) is 1. The standard InChI is InChI=1S/C18H28N2O4S.ClH/c1-15-7-9-17(10-8-15)25(23,24)19-13-16-5-4-12-20(14-16)11-3-2-6-18(21)22;/h7-10,16,19H,2-6,11-14H2,1H3,(H,21,22);1H. The Bertz CT molecular complexity index is 664. The Morgan fingerprint density at radius 3 is 2.62 bits per heavy atom. The van der Waals surface area contributed by atoms with Crippen LogP contribution in [0.5, 0.6) is 0 Å². The Morgan fingerprint density at radius 1 is 1.27 bits per heavy atom. The van der Waals surface area contributed by atoms with Crippen LogP contribution in [0.25, 0.3) is 0 Å². The van der Waals surface area contributed by atoms with Gasteiger partial charge in [0.15, 0.2) is 0 Å². The van der Waals surface area contributed by atoms with E-state index in [2.05, 4.69) is 9.62 Å². The van der Waals surface area contributed by atoms with Crippen molar-refractivity contribution in [3.63, 3.8) is 0 Å². The summed E-state index contributed by atoms with van der Waals surface area (Å²) < 4.78 is 27.5. The third-order valence-electron chi connectivity index (χ3n) is 4.61. The van der Waals surface area contributed by atoms with Crippen LogP contribution in [0.2, 0.25) is 0 Å². The lowest BCUT2D eigenvalue weighted by atomic mass is 9.98. The summed E-state index contributed by atoms with van der Waals surface area (Å²) in [6.45, 7) is 5.13. The average Bonchev–Trinajstić information content (AvgIpc) is 2.58. The van der Waals surface area contributed by atoms with Crippen molar-refractivity contribution in [2.45, 2.75) is 43.9 Å². The van der Waals surface area contributed by atoms with Crippen LogP contribution in [0, 0.1) is 12.8 Å².